The molecule has 0 amide bonds. The highest BCUT2D eigenvalue weighted by Crippen LogP contribution is 2.23. The Morgan fingerprint density at radius 3 is 1.37 bits per heavy atom. The molecule has 0 radical (unpaired) electrons. The number of hydrogen-bond acceptors (Lipinski definition) is 3. The van der Waals surface area contributed by atoms with Gasteiger partial charge in [0.2, 0.25) is 0 Å². The maximum atomic E-state index is 5.62. The maximum absolute atomic E-state index is 5.62. The number of benzene rings is 4. The van der Waals surface area contributed by atoms with E-state index in [4.69, 9.17) is 5.73 Å². The number of nitrogen functional groups attached to an aromatic ring is 1. The third-order valence-electron chi connectivity index (χ3n) is 4.40. The molecule has 0 atom stereocenters. The summed E-state index contributed by atoms with van der Waals surface area (Å²) in [6.45, 7) is 2.12. The highest BCUT2D eigenvalue weighted by molar-refractivity contribution is 7.98. The Hall–Kier alpha value is -2.62. The van der Waals surface area contributed by atoms with Crippen molar-refractivity contribution in [3.8, 4) is 0 Å². The lowest BCUT2D eigenvalue weighted by Gasteiger charge is -2.02. The molecule has 0 aliphatic rings. The van der Waals surface area contributed by atoms with Crippen molar-refractivity contribution in [2.24, 2.45) is 0 Å². The smallest absolute Gasteiger partial charge is 0.0314 e. The third-order valence-corrected chi connectivity index (χ3v) is 6.56. The molecule has 0 saturated heterocycles. The first-order chi connectivity index (χ1) is 14.7. The van der Waals surface area contributed by atoms with Crippen LogP contribution in [0.3, 0.4) is 0 Å². The second-order valence-electron chi connectivity index (χ2n) is 6.93. The molecule has 0 aliphatic heterocycles. The van der Waals surface area contributed by atoms with E-state index < -0.39 is 0 Å². The average molecular weight is 430 g/mol. The van der Waals surface area contributed by atoms with Crippen LogP contribution >= 0.6 is 23.5 Å². The molecule has 0 aliphatic carbocycles. The van der Waals surface area contributed by atoms with Gasteiger partial charge >= 0.3 is 0 Å². The molecule has 0 saturated carbocycles. The van der Waals surface area contributed by atoms with Crippen LogP contribution in [0.2, 0.25) is 0 Å². The number of thioether (sulfide) groups is 2. The molecule has 0 spiro atoms. The van der Waals surface area contributed by atoms with Gasteiger partial charge in [0.15, 0.2) is 0 Å². The molecular formula is C27H27NS2. The van der Waals surface area contributed by atoms with Crippen LogP contribution in [0.25, 0.3) is 0 Å². The molecule has 0 aromatic heterocycles. The molecule has 2 N–H and O–H groups in total. The Balaban J connectivity index is 0.000000171. The zero-order chi connectivity index (χ0) is 21.0. The average Bonchev–Trinajstić information content (AvgIpc) is 2.80. The number of aryl methyl sites for hydroxylation is 1. The molecule has 0 fully saturated rings. The first-order valence-corrected chi connectivity index (χ1v) is 11.9. The van der Waals surface area contributed by atoms with E-state index in [1.807, 2.05) is 41.7 Å². The normalized spacial score (nSPS) is 10.2. The lowest BCUT2D eigenvalue weighted by Crippen LogP contribution is -1.83. The van der Waals surface area contributed by atoms with E-state index in [0.717, 1.165) is 17.2 Å². The second kappa shape index (κ2) is 12.2. The van der Waals surface area contributed by atoms with Gasteiger partial charge in [-0.15, -0.1) is 23.5 Å². The summed E-state index contributed by atoms with van der Waals surface area (Å²) >= 11 is 3.71. The zero-order valence-electron chi connectivity index (χ0n) is 17.2. The fourth-order valence-corrected chi connectivity index (χ4v) is 4.39. The van der Waals surface area contributed by atoms with Crippen molar-refractivity contribution in [3.63, 3.8) is 0 Å². The summed E-state index contributed by atoms with van der Waals surface area (Å²) in [6.07, 6.45) is 0. The first-order valence-electron chi connectivity index (χ1n) is 9.95. The Morgan fingerprint density at radius 1 is 0.533 bits per heavy atom. The predicted octanol–water partition coefficient (Wildman–Crippen LogP) is 7.85. The molecule has 30 heavy (non-hydrogen) atoms. The summed E-state index contributed by atoms with van der Waals surface area (Å²) in [5.41, 5.74) is 10.5. The van der Waals surface area contributed by atoms with Gasteiger partial charge in [-0.3, -0.25) is 0 Å². The van der Waals surface area contributed by atoms with E-state index in [0.29, 0.717) is 0 Å². The quantitative estimate of drug-likeness (QED) is 0.250. The lowest BCUT2D eigenvalue weighted by molar-refractivity contribution is 1.35. The topological polar surface area (TPSA) is 26.0 Å². The molecule has 4 rings (SSSR count). The van der Waals surface area contributed by atoms with Crippen LogP contribution < -0.4 is 5.73 Å². The Bertz CT molecular complexity index is 897. The SMILES string of the molecule is Cc1ccc(SCc2ccccc2)cc1.Nc1ccc(SCc2ccccc2)cc1. The molecule has 4 aromatic carbocycles. The van der Waals surface area contributed by atoms with Gasteiger partial charge in [0.1, 0.15) is 0 Å². The Labute approximate surface area is 188 Å². The molecule has 0 heterocycles. The van der Waals surface area contributed by atoms with Crippen LogP contribution in [0.4, 0.5) is 5.69 Å². The summed E-state index contributed by atoms with van der Waals surface area (Å²) < 4.78 is 0. The first kappa shape index (κ1) is 22.1. The van der Waals surface area contributed by atoms with Crippen molar-refractivity contribution in [2.45, 2.75) is 28.2 Å². The van der Waals surface area contributed by atoms with Crippen LogP contribution in [-0.2, 0) is 11.5 Å². The van der Waals surface area contributed by atoms with E-state index in [1.54, 1.807) is 0 Å². The van der Waals surface area contributed by atoms with Gasteiger partial charge in [-0.2, -0.15) is 0 Å². The van der Waals surface area contributed by atoms with E-state index in [-0.39, 0.29) is 0 Å². The van der Waals surface area contributed by atoms with Crippen LogP contribution in [0, 0.1) is 6.92 Å². The molecule has 152 valence electrons. The summed E-state index contributed by atoms with van der Waals surface area (Å²) in [6, 6.07) is 37.7. The van der Waals surface area contributed by atoms with Gasteiger partial charge < -0.3 is 5.73 Å². The summed E-state index contributed by atoms with van der Waals surface area (Å²) in [5.74, 6) is 2.05. The van der Waals surface area contributed by atoms with E-state index >= 15 is 0 Å². The highest BCUT2D eigenvalue weighted by Gasteiger charge is 1.96. The number of anilines is 1. The highest BCUT2D eigenvalue weighted by atomic mass is 32.2. The predicted molar refractivity (Wildman–Crippen MR) is 134 cm³/mol. The molecule has 4 aromatic rings. The van der Waals surface area contributed by atoms with Gasteiger partial charge in [-0.1, -0.05) is 78.4 Å². The third kappa shape index (κ3) is 8.02. The van der Waals surface area contributed by atoms with Gasteiger partial charge in [0.05, 0.1) is 0 Å². The van der Waals surface area contributed by atoms with Gasteiger partial charge in [-0.05, 0) is 54.4 Å². The van der Waals surface area contributed by atoms with Crippen LogP contribution in [-0.4, -0.2) is 0 Å². The Morgan fingerprint density at radius 2 is 0.933 bits per heavy atom. The van der Waals surface area contributed by atoms with Crippen molar-refractivity contribution in [3.05, 3.63) is 126 Å². The van der Waals surface area contributed by atoms with Crippen LogP contribution in [0.5, 0.6) is 0 Å². The maximum Gasteiger partial charge on any atom is 0.0314 e. The van der Waals surface area contributed by atoms with Crippen LogP contribution in [0.1, 0.15) is 16.7 Å². The fraction of sp³-hybridized carbons (Fsp3) is 0.111. The summed E-state index contributed by atoms with van der Waals surface area (Å²) in [7, 11) is 0. The van der Waals surface area contributed by atoms with Crippen molar-refractivity contribution >= 4 is 29.2 Å². The molecule has 3 heteroatoms. The Kier molecular flexibility index (Phi) is 8.95. The van der Waals surface area contributed by atoms with Crippen molar-refractivity contribution in [1.29, 1.82) is 0 Å². The van der Waals surface area contributed by atoms with Crippen molar-refractivity contribution in [2.75, 3.05) is 5.73 Å². The van der Waals surface area contributed by atoms with Crippen molar-refractivity contribution < 1.29 is 0 Å². The summed E-state index contributed by atoms with van der Waals surface area (Å²) in [5, 5.41) is 0. The second-order valence-corrected chi connectivity index (χ2v) is 9.03. The largest absolute Gasteiger partial charge is 0.399 e. The van der Waals surface area contributed by atoms with Crippen LogP contribution in [0.15, 0.2) is 119 Å². The number of hydrogen-bond donors (Lipinski definition) is 1. The fourth-order valence-electron chi connectivity index (χ4n) is 2.68. The molecule has 0 unspecified atom stereocenters. The van der Waals surface area contributed by atoms with Gasteiger partial charge in [0, 0.05) is 27.0 Å². The van der Waals surface area contributed by atoms with Crippen molar-refractivity contribution in [1.82, 2.24) is 0 Å². The minimum absolute atomic E-state index is 0.819. The van der Waals surface area contributed by atoms with E-state index in [2.05, 4.69) is 97.9 Å². The minimum Gasteiger partial charge on any atom is -0.399 e. The van der Waals surface area contributed by atoms with Gasteiger partial charge in [-0.25, -0.2) is 0 Å². The van der Waals surface area contributed by atoms with E-state index in [9.17, 15) is 0 Å². The molecule has 1 nitrogen and oxygen atoms in total. The minimum atomic E-state index is 0.819. The number of nitrogens with two attached hydrogens (primary N) is 1. The molecule has 0 bridgehead atoms. The van der Waals surface area contributed by atoms with E-state index in [1.165, 1.54) is 26.5 Å². The molecular weight excluding hydrogens is 402 g/mol. The number of rotatable bonds is 6. The summed E-state index contributed by atoms with van der Waals surface area (Å²) in [4.78, 5) is 2.59. The lowest BCUT2D eigenvalue weighted by atomic mass is 10.2. The standard InChI is InChI=1S/C14H14S.C13H13NS/c1-12-7-9-14(10-8-12)15-11-13-5-3-2-4-6-13;14-12-6-8-13(9-7-12)15-10-11-4-2-1-3-5-11/h2-10H,11H2,1H3;1-9H,10,14H2. The zero-order valence-corrected chi connectivity index (χ0v) is 18.8. The van der Waals surface area contributed by atoms with Gasteiger partial charge in [0.25, 0.3) is 0 Å². The monoisotopic (exact) mass is 429 g/mol.